The zero-order valence-corrected chi connectivity index (χ0v) is 19.8. The van der Waals surface area contributed by atoms with E-state index < -0.39 is 6.03 Å². The van der Waals surface area contributed by atoms with Crippen molar-refractivity contribution in [1.29, 1.82) is 0 Å². The number of carbonyl (C=O) groups excluding carboxylic acids is 1. The normalized spacial score (nSPS) is 18.4. The third kappa shape index (κ3) is 5.32. The van der Waals surface area contributed by atoms with Crippen molar-refractivity contribution in [1.82, 2.24) is 19.9 Å². The number of carbonyl (C=O) groups is 1. The minimum Gasteiger partial charge on any atom is -0.378 e. The van der Waals surface area contributed by atoms with Crippen molar-refractivity contribution in [2.45, 2.75) is 6.10 Å². The molecule has 34 heavy (non-hydrogen) atoms. The summed E-state index contributed by atoms with van der Waals surface area (Å²) in [6.45, 7) is 5.18. The van der Waals surface area contributed by atoms with Crippen LogP contribution in [0.25, 0.3) is 22.3 Å². The van der Waals surface area contributed by atoms with Gasteiger partial charge in [0.2, 0.25) is 0 Å². The molecular weight excluding hydrogens is 454 g/mol. The number of nitrogens with one attached hydrogen (secondary N) is 1. The molecular formula is C23H29N7O3S. The maximum Gasteiger partial charge on any atom is 0.314 e. The molecule has 0 spiro atoms. The first-order chi connectivity index (χ1) is 16.2. The van der Waals surface area contributed by atoms with Gasteiger partial charge in [-0.1, -0.05) is 12.1 Å². The predicted octanol–water partition coefficient (Wildman–Crippen LogP) is 1.83. The number of morpholine rings is 2. The summed E-state index contributed by atoms with van der Waals surface area (Å²) < 4.78 is 11.2. The Morgan fingerprint density at radius 3 is 2.62 bits per heavy atom. The molecule has 2 fully saturated rings. The maximum absolute atomic E-state index is 11.5. The van der Waals surface area contributed by atoms with Crippen LogP contribution in [0.5, 0.6) is 0 Å². The van der Waals surface area contributed by atoms with E-state index >= 15 is 0 Å². The zero-order valence-electron chi connectivity index (χ0n) is 18.8. The maximum atomic E-state index is 11.5. The molecule has 1 aromatic carbocycles. The number of nitrogens with zero attached hydrogens (tertiary/aromatic N) is 5. The highest BCUT2D eigenvalue weighted by Gasteiger charge is 2.23. The van der Waals surface area contributed by atoms with Crippen molar-refractivity contribution < 1.29 is 14.3 Å². The van der Waals surface area contributed by atoms with Crippen LogP contribution in [0.4, 0.5) is 16.3 Å². The van der Waals surface area contributed by atoms with E-state index in [4.69, 9.17) is 20.2 Å². The molecule has 2 saturated heterocycles. The summed E-state index contributed by atoms with van der Waals surface area (Å²) in [4.78, 5) is 29.2. The molecule has 4 heterocycles. The van der Waals surface area contributed by atoms with Crippen LogP contribution in [0.1, 0.15) is 0 Å². The minimum absolute atomic E-state index is 0. The quantitative estimate of drug-likeness (QED) is 0.564. The number of rotatable bonds is 5. The molecule has 11 heteroatoms. The van der Waals surface area contributed by atoms with Gasteiger partial charge in [-0.3, -0.25) is 4.98 Å². The smallest absolute Gasteiger partial charge is 0.314 e. The molecule has 3 aromatic rings. The minimum atomic E-state index is -0.430. The standard InChI is InChI=1S/C23H27N7O3.H2S/c24-23(31)30-9-12-33-18(15-30)14-27-22-21-20(25-5-6-26-21)13-19(28-22)16-1-3-17(4-2-16)29-7-10-32-11-8-29;/h1-6,13,18H,7-12,14-15H2,(H2,24,31)(H,27,28);1H2/t18-;/m0./s1. The second kappa shape index (κ2) is 10.9. The fourth-order valence-electron chi connectivity index (χ4n) is 4.16. The van der Waals surface area contributed by atoms with Crippen molar-refractivity contribution in [3.05, 3.63) is 42.7 Å². The first-order valence-electron chi connectivity index (χ1n) is 11.1. The van der Waals surface area contributed by atoms with Gasteiger partial charge in [-0.25, -0.2) is 14.8 Å². The summed E-state index contributed by atoms with van der Waals surface area (Å²) in [6, 6.07) is 9.90. The summed E-state index contributed by atoms with van der Waals surface area (Å²) >= 11 is 0. The highest BCUT2D eigenvalue weighted by atomic mass is 32.1. The van der Waals surface area contributed by atoms with Crippen molar-refractivity contribution in [2.24, 2.45) is 5.73 Å². The van der Waals surface area contributed by atoms with Gasteiger partial charge in [0, 0.05) is 49.8 Å². The van der Waals surface area contributed by atoms with Gasteiger partial charge in [0.05, 0.1) is 43.7 Å². The van der Waals surface area contributed by atoms with Crippen molar-refractivity contribution in [3.8, 4) is 11.3 Å². The van der Waals surface area contributed by atoms with Gasteiger partial charge in [0.1, 0.15) is 5.52 Å². The second-order valence-corrected chi connectivity index (χ2v) is 8.08. The van der Waals surface area contributed by atoms with Crippen LogP contribution in [-0.4, -0.2) is 84.5 Å². The highest BCUT2D eigenvalue weighted by Crippen LogP contribution is 2.27. The number of benzene rings is 1. The SMILES string of the molecule is NC(=O)N1CCO[C@@H](CNc2nc(-c3ccc(N4CCOCC4)cc3)cc3nccnc23)C1.S. The van der Waals surface area contributed by atoms with E-state index in [1.807, 2.05) is 6.07 Å². The largest absolute Gasteiger partial charge is 0.378 e. The molecule has 1 atom stereocenters. The number of ether oxygens (including phenoxy) is 2. The van der Waals surface area contributed by atoms with Gasteiger partial charge in [-0.05, 0) is 18.2 Å². The van der Waals surface area contributed by atoms with E-state index in [2.05, 4.69) is 44.5 Å². The molecule has 0 aliphatic carbocycles. The molecule has 0 saturated carbocycles. The average molecular weight is 484 g/mol. The van der Waals surface area contributed by atoms with Crippen LogP contribution in [0.3, 0.4) is 0 Å². The number of urea groups is 1. The van der Waals surface area contributed by atoms with Crippen LogP contribution < -0.4 is 16.0 Å². The topological polar surface area (TPSA) is 119 Å². The van der Waals surface area contributed by atoms with Crippen molar-refractivity contribution in [2.75, 3.05) is 62.8 Å². The van der Waals surface area contributed by atoms with Gasteiger partial charge < -0.3 is 30.3 Å². The van der Waals surface area contributed by atoms with E-state index in [1.165, 1.54) is 5.69 Å². The molecule has 0 unspecified atom stereocenters. The molecule has 5 rings (SSSR count). The zero-order chi connectivity index (χ0) is 22.6. The third-order valence-electron chi connectivity index (χ3n) is 5.94. The summed E-state index contributed by atoms with van der Waals surface area (Å²) in [5, 5.41) is 3.35. The first kappa shape index (κ1) is 24.0. The number of hydrogen-bond acceptors (Lipinski definition) is 8. The summed E-state index contributed by atoms with van der Waals surface area (Å²) in [5.41, 5.74) is 9.85. The van der Waals surface area contributed by atoms with Crippen LogP contribution >= 0.6 is 13.5 Å². The van der Waals surface area contributed by atoms with Gasteiger partial charge in [0.25, 0.3) is 0 Å². The molecule has 10 nitrogen and oxygen atoms in total. The number of amides is 2. The monoisotopic (exact) mass is 483 g/mol. The Hall–Kier alpha value is -3.15. The van der Waals surface area contributed by atoms with E-state index in [0.29, 0.717) is 37.6 Å². The first-order valence-corrected chi connectivity index (χ1v) is 11.1. The number of anilines is 2. The van der Waals surface area contributed by atoms with Gasteiger partial charge >= 0.3 is 6.03 Å². The van der Waals surface area contributed by atoms with E-state index in [-0.39, 0.29) is 19.6 Å². The van der Waals surface area contributed by atoms with Crippen LogP contribution in [0.2, 0.25) is 0 Å². The van der Waals surface area contributed by atoms with Gasteiger partial charge in [0.15, 0.2) is 5.82 Å². The Morgan fingerprint density at radius 1 is 1.09 bits per heavy atom. The van der Waals surface area contributed by atoms with E-state index in [0.717, 1.165) is 43.1 Å². The molecule has 2 amide bonds. The molecule has 0 radical (unpaired) electrons. The predicted molar refractivity (Wildman–Crippen MR) is 136 cm³/mol. The number of pyridine rings is 1. The van der Waals surface area contributed by atoms with Crippen LogP contribution in [0.15, 0.2) is 42.7 Å². The molecule has 2 aliphatic heterocycles. The number of aromatic nitrogens is 3. The molecule has 180 valence electrons. The Labute approximate surface area is 204 Å². The van der Waals surface area contributed by atoms with Crippen LogP contribution in [-0.2, 0) is 9.47 Å². The summed E-state index contributed by atoms with van der Waals surface area (Å²) in [6.07, 6.45) is 3.14. The van der Waals surface area contributed by atoms with Gasteiger partial charge in [-0.2, -0.15) is 13.5 Å². The number of hydrogen-bond donors (Lipinski definition) is 2. The highest BCUT2D eigenvalue weighted by molar-refractivity contribution is 7.59. The van der Waals surface area contributed by atoms with E-state index in [9.17, 15) is 4.79 Å². The van der Waals surface area contributed by atoms with Crippen molar-refractivity contribution in [3.63, 3.8) is 0 Å². The Bertz CT molecular complexity index is 1130. The lowest BCUT2D eigenvalue weighted by Crippen LogP contribution is -2.49. The lowest BCUT2D eigenvalue weighted by atomic mass is 10.1. The molecule has 3 N–H and O–H groups in total. The fraction of sp³-hybridized carbons (Fsp3) is 0.391. The fourth-order valence-corrected chi connectivity index (χ4v) is 4.16. The number of fused-ring (bicyclic) bond motifs is 1. The summed E-state index contributed by atoms with van der Waals surface area (Å²) in [7, 11) is 0. The Balaban J connectivity index is 0.00000274. The number of nitrogens with two attached hydrogens (primary N) is 1. The number of primary amides is 1. The van der Waals surface area contributed by atoms with E-state index in [1.54, 1.807) is 17.3 Å². The lowest BCUT2D eigenvalue weighted by Gasteiger charge is -2.31. The second-order valence-electron chi connectivity index (χ2n) is 8.08. The summed E-state index contributed by atoms with van der Waals surface area (Å²) in [5.74, 6) is 0.632. The molecule has 2 aliphatic rings. The Morgan fingerprint density at radius 2 is 1.85 bits per heavy atom. The Kier molecular flexibility index (Phi) is 7.66. The van der Waals surface area contributed by atoms with Crippen molar-refractivity contribution >= 4 is 42.1 Å². The molecule has 2 aromatic heterocycles. The average Bonchev–Trinajstić information content (AvgIpc) is 2.88. The van der Waals surface area contributed by atoms with Crippen LogP contribution in [0, 0.1) is 0 Å². The van der Waals surface area contributed by atoms with Gasteiger partial charge in [-0.15, -0.1) is 0 Å². The molecule has 0 bridgehead atoms. The lowest BCUT2D eigenvalue weighted by molar-refractivity contribution is -0.00516. The third-order valence-corrected chi connectivity index (χ3v) is 5.94.